The number of rotatable bonds is 2. The van der Waals surface area contributed by atoms with E-state index in [1.54, 1.807) is 12.4 Å². The highest BCUT2D eigenvalue weighted by molar-refractivity contribution is 7.99. The Balaban J connectivity index is 1.96. The fraction of sp³-hybridized carbons (Fsp3) is 0.286. The Morgan fingerprint density at radius 1 is 1.06 bits per heavy atom. The lowest BCUT2D eigenvalue weighted by atomic mass is 9.98. The summed E-state index contributed by atoms with van der Waals surface area (Å²) in [6.07, 6.45) is 6.14. The Morgan fingerprint density at radius 3 is 2.78 bits per heavy atom. The van der Waals surface area contributed by atoms with Gasteiger partial charge in [-0.25, -0.2) is 9.97 Å². The first kappa shape index (κ1) is 11.5. The predicted octanol–water partition coefficient (Wildman–Crippen LogP) is 3.21. The van der Waals surface area contributed by atoms with Gasteiger partial charge in [-0.1, -0.05) is 23.9 Å². The maximum Gasteiger partial charge on any atom is 0.129 e. The van der Waals surface area contributed by atoms with Gasteiger partial charge < -0.3 is 5.11 Å². The van der Waals surface area contributed by atoms with E-state index in [2.05, 4.69) is 9.97 Å². The Hall–Kier alpha value is -1.55. The highest BCUT2D eigenvalue weighted by Gasteiger charge is 2.16. The van der Waals surface area contributed by atoms with E-state index in [0.29, 0.717) is 5.75 Å². The molecule has 2 aromatic rings. The molecular weight excluding hydrogens is 244 g/mol. The highest BCUT2D eigenvalue weighted by Crippen LogP contribution is 2.36. The lowest BCUT2D eigenvalue weighted by Crippen LogP contribution is -2.07. The maximum absolute atomic E-state index is 9.81. The lowest BCUT2D eigenvalue weighted by Gasteiger charge is -2.16. The first-order valence-corrected chi connectivity index (χ1v) is 6.95. The SMILES string of the molecule is Oc1ccccc1Sc1ncnc2c1CCCC2. The number of aromatic hydroxyl groups is 1. The standard InChI is InChI=1S/C14H14N2OS/c17-12-7-3-4-8-13(12)18-14-10-5-1-2-6-11(10)15-9-16-14/h3-4,7-9,17H,1-2,5-6H2. The summed E-state index contributed by atoms with van der Waals surface area (Å²) in [5.41, 5.74) is 2.44. The van der Waals surface area contributed by atoms with Crippen molar-refractivity contribution >= 4 is 11.8 Å². The van der Waals surface area contributed by atoms with Crippen LogP contribution in [0.2, 0.25) is 0 Å². The molecular formula is C14H14N2OS. The highest BCUT2D eigenvalue weighted by atomic mass is 32.2. The van der Waals surface area contributed by atoms with E-state index in [1.807, 2.05) is 18.2 Å². The molecule has 0 aliphatic heterocycles. The molecule has 18 heavy (non-hydrogen) atoms. The molecule has 0 spiro atoms. The largest absolute Gasteiger partial charge is 0.507 e. The van der Waals surface area contributed by atoms with Crippen molar-refractivity contribution in [1.29, 1.82) is 0 Å². The summed E-state index contributed by atoms with van der Waals surface area (Å²) < 4.78 is 0. The molecule has 0 atom stereocenters. The number of hydrogen-bond acceptors (Lipinski definition) is 4. The summed E-state index contributed by atoms with van der Waals surface area (Å²) in [6.45, 7) is 0. The van der Waals surface area contributed by atoms with Crippen LogP contribution in [0.1, 0.15) is 24.1 Å². The van der Waals surface area contributed by atoms with Gasteiger partial charge in [-0.15, -0.1) is 0 Å². The summed E-state index contributed by atoms with van der Waals surface area (Å²) in [7, 11) is 0. The number of benzene rings is 1. The third-order valence-electron chi connectivity index (χ3n) is 3.16. The summed E-state index contributed by atoms with van der Waals surface area (Å²) in [6, 6.07) is 7.37. The second kappa shape index (κ2) is 4.98. The minimum absolute atomic E-state index is 0.311. The fourth-order valence-corrected chi connectivity index (χ4v) is 3.20. The summed E-state index contributed by atoms with van der Waals surface area (Å²) >= 11 is 1.53. The smallest absolute Gasteiger partial charge is 0.129 e. The van der Waals surface area contributed by atoms with Gasteiger partial charge in [-0.2, -0.15) is 0 Å². The molecule has 1 aromatic heterocycles. The van der Waals surface area contributed by atoms with E-state index in [1.165, 1.54) is 35.9 Å². The van der Waals surface area contributed by atoms with Crippen LogP contribution < -0.4 is 0 Å². The van der Waals surface area contributed by atoms with Gasteiger partial charge in [0.05, 0.1) is 4.90 Å². The van der Waals surface area contributed by atoms with Crippen molar-refractivity contribution in [3.05, 3.63) is 41.9 Å². The third kappa shape index (κ3) is 2.20. The maximum atomic E-state index is 9.81. The molecule has 4 heteroatoms. The molecule has 1 aliphatic carbocycles. The van der Waals surface area contributed by atoms with Crippen molar-refractivity contribution in [1.82, 2.24) is 9.97 Å². The van der Waals surface area contributed by atoms with Crippen LogP contribution in [0.5, 0.6) is 5.75 Å². The third-order valence-corrected chi connectivity index (χ3v) is 4.27. The fourth-order valence-electron chi connectivity index (χ4n) is 2.23. The molecule has 3 rings (SSSR count). The van der Waals surface area contributed by atoms with E-state index < -0.39 is 0 Å². The number of nitrogens with zero attached hydrogens (tertiary/aromatic N) is 2. The van der Waals surface area contributed by atoms with E-state index >= 15 is 0 Å². The second-order valence-electron chi connectivity index (χ2n) is 4.38. The number of aromatic nitrogens is 2. The summed E-state index contributed by atoms with van der Waals surface area (Å²) in [5, 5.41) is 10.8. The Kier molecular flexibility index (Phi) is 3.19. The average Bonchev–Trinajstić information content (AvgIpc) is 2.42. The van der Waals surface area contributed by atoms with Crippen LogP contribution in [-0.2, 0) is 12.8 Å². The van der Waals surface area contributed by atoms with Gasteiger partial charge >= 0.3 is 0 Å². The van der Waals surface area contributed by atoms with Crippen molar-refractivity contribution in [3.8, 4) is 5.75 Å². The van der Waals surface area contributed by atoms with E-state index in [0.717, 1.165) is 22.8 Å². The summed E-state index contributed by atoms with van der Waals surface area (Å²) in [4.78, 5) is 9.58. The van der Waals surface area contributed by atoms with Crippen molar-refractivity contribution in [3.63, 3.8) is 0 Å². The van der Waals surface area contributed by atoms with Gasteiger partial charge in [0.25, 0.3) is 0 Å². The zero-order valence-corrected chi connectivity index (χ0v) is 10.8. The molecule has 1 aromatic carbocycles. The van der Waals surface area contributed by atoms with E-state index in [4.69, 9.17) is 0 Å². The molecule has 1 heterocycles. The van der Waals surface area contributed by atoms with Gasteiger partial charge in [0, 0.05) is 11.3 Å². The predicted molar refractivity (Wildman–Crippen MR) is 70.9 cm³/mol. The molecule has 3 nitrogen and oxygen atoms in total. The molecule has 1 N–H and O–H groups in total. The number of phenols is 1. The summed E-state index contributed by atoms with van der Waals surface area (Å²) in [5.74, 6) is 0.311. The van der Waals surface area contributed by atoms with Gasteiger partial charge in [-0.05, 0) is 37.8 Å². The quantitative estimate of drug-likeness (QED) is 0.840. The van der Waals surface area contributed by atoms with Gasteiger partial charge in [0.15, 0.2) is 0 Å². The van der Waals surface area contributed by atoms with E-state index in [9.17, 15) is 5.11 Å². The molecule has 0 radical (unpaired) electrons. The molecule has 92 valence electrons. The topological polar surface area (TPSA) is 46.0 Å². The van der Waals surface area contributed by atoms with Crippen LogP contribution >= 0.6 is 11.8 Å². The van der Waals surface area contributed by atoms with Crippen LogP contribution in [0.15, 0.2) is 40.5 Å². The number of aryl methyl sites for hydroxylation is 1. The Bertz CT molecular complexity index is 571. The van der Waals surface area contributed by atoms with Crippen LogP contribution in [0.3, 0.4) is 0 Å². The average molecular weight is 258 g/mol. The molecule has 0 bridgehead atoms. The minimum Gasteiger partial charge on any atom is -0.507 e. The lowest BCUT2D eigenvalue weighted by molar-refractivity contribution is 0.462. The van der Waals surface area contributed by atoms with Crippen LogP contribution in [0.4, 0.5) is 0 Å². The van der Waals surface area contributed by atoms with Gasteiger partial charge in [-0.3, -0.25) is 0 Å². The molecule has 0 fully saturated rings. The zero-order chi connectivity index (χ0) is 12.4. The van der Waals surface area contributed by atoms with Crippen molar-refractivity contribution in [2.24, 2.45) is 0 Å². The van der Waals surface area contributed by atoms with Crippen molar-refractivity contribution < 1.29 is 5.11 Å². The molecule has 0 saturated carbocycles. The minimum atomic E-state index is 0.311. The van der Waals surface area contributed by atoms with Crippen LogP contribution in [0.25, 0.3) is 0 Å². The van der Waals surface area contributed by atoms with Crippen molar-refractivity contribution in [2.75, 3.05) is 0 Å². The molecule has 0 amide bonds. The van der Waals surface area contributed by atoms with Gasteiger partial charge in [0.1, 0.15) is 17.1 Å². The van der Waals surface area contributed by atoms with Crippen LogP contribution in [0, 0.1) is 0 Å². The second-order valence-corrected chi connectivity index (χ2v) is 5.41. The van der Waals surface area contributed by atoms with Crippen molar-refractivity contribution in [2.45, 2.75) is 35.6 Å². The molecule has 0 unspecified atom stereocenters. The number of fused-ring (bicyclic) bond motifs is 1. The first-order valence-electron chi connectivity index (χ1n) is 6.13. The molecule has 1 aliphatic rings. The Morgan fingerprint density at radius 2 is 1.89 bits per heavy atom. The first-order chi connectivity index (χ1) is 8.84. The van der Waals surface area contributed by atoms with Crippen LogP contribution in [-0.4, -0.2) is 15.1 Å². The van der Waals surface area contributed by atoms with Gasteiger partial charge in [0.2, 0.25) is 0 Å². The Labute approximate surface area is 110 Å². The monoisotopic (exact) mass is 258 g/mol. The zero-order valence-electron chi connectivity index (χ0n) is 9.97. The number of phenolic OH excluding ortho intramolecular Hbond substituents is 1. The molecule has 0 saturated heterocycles. The number of para-hydroxylation sites is 1. The normalized spacial score (nSPS) is 14.2. The van der Waals surface area contributed by atoms with E-state index in [-0.39, 0.29) is 0 Å². The number of hydrogen-bond donors (Lipinski definition) is 1.